The molecule has 1 amide bonds. The fourth-order valence-electron chi connectivity index (χ4n) is 2.50. The van der Waals surface area contributed by atoms with Crippen molar-refractivity contribution in [3.8, 4) is 0 Å². The fourth-order valence-corrected chi connectivity index (χ4v) is 4.14. The number of sulfonamides is 1. The summed E-state index contributed by atoms with van der Waals surface area (Å²) in [4.78, 5) is 13.9. The Labute approximate surface area is 151 Å². The summed E-state index contributed by atoms with van der Waals surface area (Å²) in [6.45, 7) is 6.24. The van der Waals surface area contributed by atoms with E-state index >= 15 is 0 Å². The van der Waals surface area contributed by atoms with Crippen molar-refractivity contribution in [3.63, 3.8) is 0 Å². The molecule has 24 heavy (non-hydrogen) atoms. The number of likely N-dealkylation sites (N-methyl/N-ethyl adjacent to an activating group) is 1. The van der Waals surface area contributed by atoms with E-state index in [-0.39, 0.29) is 10.9 Å². The number of nitrogens with zero attached hydrogens (tertiary/aromatic N) is 2. The first-order valence-electron chi connectivity index (χ1n) is 7.72. The number of rotatable bonds is 3. The molecule has 8 heteroatoms. The van der Waals surface area contributed by atoms with E-state index in [9.17, 15) is 13.2 Å². The molecule has 0 aliphatic carbocycles. The van der Waals surface area contributed by atoms with Crippen LogP contribution in [0.25, 0.3) is 0 Å². The number of amides is 1. The van der Waals surface area contributed by atoms with Crippen LogP contribution in [-0.4, -0.2) is 55.5 Å². The molecule has 1 heterocycles. The van der Waals surface area contributed by atoms with Crippen molar-refractivity contribution in [2.45, 2.75) is 43.7 Å². The Balaban J connectivity index is 2.07. The molecule has 1 aliphatic rings. The number of halogens is 1. The molecular weight excluding hydrogens is 396 g/mol. The van der Waals surface area contributed by atoms with E-state index < -0.39 is 21.7 Å². The summed E-state index contributed by atoms with van der Waals surface area (Å²) in [6, 6.07) is 6.27. The van der Waals surface area contributed by atoms with Gasteiger partial charge in [-0.25, -0.2) is 13.2 Å². The smallest absolute Gasteiger partial charge is 0.410 e. The van der Waals surface area contributed by atoms with Crippen molar-refractivity contribution in [1.82, 2.24) is 9.21 Å². The maximum atomic E-state index is 12.7. The number of carbonyl (C=O) groups excluding carboxylic acids is 1. The SMILES string of the molecule is CN([C@@H]1CCN(C(=O)OC(C)(C)C)C1)S(=O)(=O)c1ccc(Br)cc1. The van der Waals surface area contributed by atoms with Crippen LogP contribution in [-0.2, 0) is 14.8 Å². The molecule has 0 radical (unpaired) electrons. The molecule has 0 N–H and O–H groups in total. The Morgan fingerprint density at radius 2 is 1.88 bits per heavy atom. The van der Waals surface area contributed by atoms with Gasteiger partial charge in [-0.15, -0.1) is 0 Å². The first-order valence-corrected chi connectivity index (χ1v) is 9.95. The molecule has 0 aromatic heterocycles. The summed E-state index contributed by atoms with van der Waals surface area (Å²) in [7, 11) is -2.03. The Morgan fingerprint density at radius 3 is 2.42 bits per heavy atom. The molecule has 1 saturated heterocycles. The number of carbonyl (C=O) groups is 1. The summed E-state index contributed by atoms with van der Waals surface area (Å²) in [6.07, 6.45) is 0.185. The summed E-state index contributed by atoms with van der Waals surface area (Å²) in [5, 5.41) is 0. The van der Waals surface area contributed by atoms with Crippen LogP contribution in [0, 0.1) is 0 Å². The van der Waals surface area contributed by atoms with Gasteiger partial charge in [0.15, 0.2) is 0 Å². The standard InChI is InChI=1S/C16H23BrN2O4S/c1-16(2,3)23-15(20)19-10-9-13(11-19)18(4)24(21,22)14-7-5-12(17)6-8-14/h5-8,13H,9-11H2,1-4H3/t13-/m1/s1. The molecule has 134 valence electrons. The van der Waals surface area contributed by atoms with Crippen molar-refractivity contribution in [1.29, 1.82) is 0 Å². The maximum absolute atomic E-state index is 12.7. The zero-order valence-electron chi connectivity index (χ0n) is 14.3. The van der Waals surface area contributed by atoms with Crippen molar-refractivity contribution in [3.05, 3.63) is 28.7 Å². The van der Waals surface area contributed by atoms with Crippen molar-refractivity contribution >= 4 is 32.0 Å². The summed E-state index contributed by atoms with van der Waals surface area (Å²) < 4.78 is 32.9. The van der Waals surface area contributed by atoms with Gasteiger partial charge in [-0.05, 0) is 51.5 Å². The van der Waals surface area contributed by atoms with Crippen LogP contribution in [0.5, 0.6) is 0 Å². The van der Waals surface area contributed by atoms with Crippen LogP contribution in [0.3, 0.4) is 0 Å². The minimum atomic E-state index is -3.59. The van der Waals surface area contributed by atoms with Crippen LogP contribution in [0.1, 0.15) is 27.2 Å². The lowest BCUT2D eigenvalue weighted by Gasteiger charge is -2.26. The molecule has 2 rings (SSSR count). The van der Waals surface area contributed by atoms with Crippen LogP contribution < -0.4 is 0 Å². The average Bonchev–Trinajstić information content (AvgIpc) is 2.95. The topological polar surface area (TPSA) is 66.9 Å². The Hall–Kier alpha value is -1.12. The molecule has 1 atom stereocenters. The summed E-state index contributed by atoms with van der Waals surface area (Å²) >= 11 is 3.30. The second-order valence-corrected chi connectivity index (χ2v) is 9.76. The summed E-state index contributed by atoms with van der Waals surface area (Å²) in [5.74, 6) is 0. The number of hydrogen-bond donors (Lipinski definition) is 0. The third-order valence-electron chi connectivity index (χ3n) is 3.82. The number of ether oxygens (including phenoxy) is 1. The highest BCUT2D eigenvalue weighted by atomic mass is 79.9. The Bertz CT molecular complexity index is 698. The third kappa shape index (κ3) is 4.49. The van der Waals surface area contributed by atoms with Gasteiger partial charge in [-0.1, -0.05) is 15.9 Å². The maximum Gasteiger partial charge on any atom is 0.410 e. The van der Waals surface area contributed by atoms with Gasteiger partial charge in [0.25, 0.3) is 0 Å². The second kappa shape index (κ2) is 7.01. The van der Waals surface area contributed by atoms with Gasteiger partial charge in [0.05, 0.1) is 4.90 Å². The van der Waals surface area contributed by atoms with Gasteiger partial charge in [-0.2, -0.15) is 4.31 Å². The molecule has 0 saturated carbocycles. The minimum Gasteiger partial charge on any atom is -0.444 e. The predicted molar refractivity (Wildman–Crippen MR) is 95.3 cm³/mol. The van der Waals surface area contributed by atoms with Crippen LogP contribution in [0.4, 0.5) is 4.79 Å². The van der Waals surface area contributed by atoms with E-state index in [1.807, 2.05) is 20.8 Å². The monoisotopic (exact) mass is 418 g/mol. The highest BCUT2D eigenvalue weighted by molar-refractivity contribution is 9.10. The fraction of sp³-hybridized carbons (Fsp3) is 0.562. The highest BCUT2D eigenvalue weighted by Gasteiger charge is 2.36. The van der Waals surface area contributed by atoms with Crippen molar-refractivity contribution in [2.75, 3.05) is 20.1 Å². The first kappa shape index (κ1) is 19.2. The quantitative estimate of drug-likeness (QED) is 0.755. The zero-order chi connectivity index (χ0) is 18.1. The normalized spacial score (nSPS) is 18.9. The molecule has 0 spiro atoms. The average molecular weight is 419 g/mol. The molecule has 1 aliphatic heterocycles. The number of likely N-dealkylation sites (tertiary alicyclic amines) is 1. The largest absolute Gasteiger partial charge is 0.444 e. The van der Waals surface area contributed by atoms with Crippen molar-refractivity contribution < 1.29 is 17.9 Å². The van der Waals surface area contributed by atoms with Gasteiger partial charge in [0.1, 0.15) is 5.60 Å². The van der Waals surface area contributed by atoms with E-state index in [0.29, 0.717) is 19.5 Å². The van der Waals surface area contributed by atoms with Gasteiger partial charge >= 0.3 is 6.09 Å². The van der Waals surface area contributed by atoms with Crippen LogP contribution in [0.2, 0.25) is 0 Å². The molecule has 0 unspecified atom stereocenters. The van der Waals surface area contributed by atoms with E-state index in [0.717, 1.165) is 4.47 Å². The van der Waals surface area contributed by atoms with Gasteiger partial charge in [-0.3, -0.25) is 0 Å². The zero-order valence-corrected chi connectivity index (χ0v) is 16.7. The predicted octanol–water partition coefficient (Wildman–Crippen LogP) is 3.08. The number of benzene rings is 1. The molecule has 6 nitrogen and oxygen atoms in total. The second-order valence-electron chi connectivity index (χ2n) is 6.84. The van der Waals surface area contributed by atoms with E-state index in [2.05, 4.69) is 15.9 Å². The molecule has 1 fully saturated rings. The van der Waals surface area contributed by atoms with Gasteiger partial charge in [0.2, 0.25) is 10.0 Å². The Kier molecular flexibility index (Phi) is 5.61. The van der Waals surface area contributed by atoms with Crippen LogP contribution >= 0.6 is 15.9 Å². The van der Waals surface area contributed by atoms with E-state index in [4.69, 9.17) is 4.74 Å². The van der Waals surface area contributed by atoms with Crippen LogP contribution in [0.15, 0.2) is 33.6 Å². The Morgan fingerprint density at radius 1 is 1.29 bits per heavy atom. The lowest BCUT2D eigenvalue weighted by Crippen LogP contribution is -2.41. The molecular formula is C16H23BrN2O4S. The van der Waals surface area contributed by atoms with Crippen molar-refractivity contribution in [2.24, 2.45) is 0 Å². The third-order valence-corrected chi connectivity index (χ3v) is 6.27. The lowest BCUT2D eigenvalue weighted by molar-refractivity contribution is 0.0287. The lowest BCUT2D eigenvalue weighted by atomic mass is 10.2. The summed E-state index contributed by atoms with van der Waals surface area (Å²) in [5.41, 5.74) is -0.565. The van der Waals surface area contributed by atoms with Gasteiger partial charge < -0.3 is 9.64 Å². The number of hydrogen-bond acceptors (Lipinski definition) is 4. The van der Waals surface area contributed by atoms with Gasteiger partial charge in [0, 0.05) is 30.7 Å². The molecule has 1 aromatic rings. The van der Waals surface area contributed by atoms with E-state index in [1.54, 1.807) is 36.2 Å². The molecule has 0 bridgehead atoms. The van der Waals surface area contributed by atoms with E-state index in [1.165, 1.54) is 4.31 Å². The first-order chi connectivity index (χ1) is 11.0. The highest BCUT2D eigenvalue weighted by Crippen LogP contribution is 2.24. The minimum absolute atomic E-state index is 0.240. The molecule has 1 aromatic carbocycles.